The van der Waals surface area contributed by atoms with E-state index in [0.29, 0.717) is 12.1 Å². The molecule has 21 heavy (non-hydrogen) atoms. The van der Waals surface area contributed by atoms with Crippen LogP contribution >= 0.6 is 0 Å². The number of benzene rings is 1. The molecular weight excluding hydrogens is 275 g/mol. The number of nitrogens with one attached hydrogen (secondary N) is 1. The van der Waals surface area contributed by atoms with E-state index in [-0.39, 0.29) is 31.4 Å². The monoisotopic (exact) mass is 296 g/mol. The molecule has 0 heterocycles. The van der Waals surface area contributed by atoms with Gasteiger partial charge in [-0.05, 0) is 12.5 Å². The van der Waals surface area contributed by atoms with Gasteiger partial charge in [0.15, 0.2) is 0 Å². The Labute approximate surface area is 123 Å². The summed E-state index contributed by atoms with van der Waals surface area (Å²) in [6.07, 6.45) is 1.59. The van der Waals surface area contributed by atoms with Crippen molar-refractivity contribution in [1.29, 1.82) is 0 Å². The van der Waals surface area contributed by atoms with Gasteiger partial charge in [0.1, 0.15) is 5.82 Å². The number of nitrogens with zero attached hydrogens (tertiary/aromatic N) is 1. The number of carbonyl (C=O) groups is 2. The van der Waals surface area contributed by atoms with E-state index in [1.165, 1.54) is 11.0 Å². The van der Waals surface area contributed by atoms with E-state index >= 15 is 0 Å². The minimum Gasteiger partial charge on any atom is -0.481 e. The standard InChI is InChI=1S/C15H21FN2O3/c1-2-3-10-18(15(21)17-9-8-14(19)20)11-12-6-4-5-7-13(12)16/h4-7H,2-3,8-11H2,1H3,(H,17,21)(H,19,20). The highest BCUT2D eigenvalue weighted by atomic mass is 19.1. The van der Waals surface area contributed by atoms with Crippen molar-refractivity contribution in [1.82, 2.24) is 10.2 Å². The van der Waals surface area contributed by atoms with Gasteiger partial charge in [0.2, 0.25) is 0 Å². The topological polar surface area (TPSA) is 69.6 Å². The van der Waals surface area contributed by atoms with Crippen LogP contribution in [-0.2, 0) is 11.3 Å². The largest absolute Gasteiger partial charge is 0.481 e. The van der Waals surface area contributed by atoms with Crippen LogP contribution < -0.4 is 5.32 Å². The number of carbonyl (C=O) groups excluding carboxylic acids is 1. The number of carboxylic acid groups (broad SMARTS) is 1. The second-order valence-electron chi connectivity index (χ2n) is 4.74. The average Bonchev–Trinajstić information content (AvgIpc) is 2.44. The molecule has 0 saturated heterocycles. The van der Waals surface area contributed by atoms with Crippen molar-refractivity contribution >= 4 is 12.0 Å². The molecule has 116 valence electrons. The molecule has 0 atom stereocenters. The fourth-order valence-corrected chi connectivity index (χ4v) is 1.82. The number of urea groups is 1. The number of hydrogen-bond donors (Lipinski definition) is 2. The number of halogens is 1. The highest BCUT2D eigenvalue weighted by Gasteiger charge is 2.15. The molecule has 2 amide bonds. The Balaban J connectivity index is 2.64. The summed E-state index contributed by atoms with van der Waals surface area (Å²) in [5.41, 5.74) is 0.446. The maximum absolute atomic E-state index is 13.7. The Morgan fingerprint density at radius 3 is 2.67 bits per heavy atom. The van der Waals surface area contributed by atoms with Crippen LogP contribution in [0.3, 0.4) is 0 Å². The zero-order chi connectivity index (χ0) is 15.7. The van der Waals surface area contributed by atoms with Crippen molar-refractivity contribution in [3.63, 3.8) is 0 Å². The van der Waals surface area contributed by atoms with Gasteiger partial charge in [-0.1, -0.05) is 31.5 Å². The Morgan fingerprint density at radius 2 is 2.05 bits per heavy atom. The summed E-state index contributed by atoms with van der Waals surface area (Å²) < 4.78 is 13.7. The fraction of sp³-hybridized carbons (Fsp3) is 0.467. The Morgan fingerprint density at radius 1 is 1.33 bits per heavy atom. The molecule has 1 aromatic rings. The molecule has 1 rings (SSSR count). The minimum atomic E-state index is -0.968. The third kappa shape index (κ3) is 6.25. The summed E-state index contributed by atoms with van der Waals surface area (Å²) in [5.74, 6) is -1.32. The molecule has 0 aromatic heterocycles. The lowest BCUT2D eigenvalue weighted by Crippen LogP contribution is -2.41. The molecule has 0 spiro atoms. The van der Waals surface area contributed by atoms with Crippen molar-refractivity contribution in [2.24, 2.45) is 0 Å². The number of carboxylic acids is 1. The van der Waals surface area contributed by atoms with Gasteiger partial charge in [-0.15, -0.1) is 0 Å². The third-order valence-corrected chi connectivity index (χ3v) is 3.00. The Kier molecular flexibility index (Phi) is 7.21. The smallest absolute Gasteiger partial charge is 0.317 e. The lowest BCUT2D eigenvalue weighted by molar-refractivity contribution is -0.136. The zero-order valence-corrected chi connectivity index (χ0v) is 12.1. The molecule has 5 nitrogen and oxygen atoms in total. The van der Waals surface area contributed by atoms with E-state index in [2.05, 4.69) is 5.32 Å². The number of amides is 2. The maximum Gasteiger partial charge on any atom is 0.317 e. The second-order valence-corrected chi connectivity index (χ2v) is 4.74. The van der Waals surface area contributed by atoms with Gasteiger partial charge in [-0.25, -0.2) is 9.18 Å². The van der Waals surface area contributed by atoms with Gasteiger partial charge in [-0.3, -0.25) is 4.79 Å². The molecule has 0 aliphatic rings. The number of aliphatic carboxylic acids is 1. The van der Waals surface area contributed by atoms with Crippen LogP contribution in [0.25, 0.3) is 0 Å². The molecular formula is C15H21FN2O3. The van der Waals surface area contributed by atoms with Crippen molar-refractivity contribution in [3.8, 4) is 0 Å². The molecule has 6 heteroatoms. The predicted molar refractivity (Wildman–Crippen MR) is 77.4 cm³/mol. The SMILES string of the molecule is CCCCN(Cc1ccccc1F)C(=O)NCCC(=O)O. The second kappa shape index (κ2) is 8.94. The molecule has 2 N–H and O–H groups in total. The summed E-state index contributed by atoms with van der Waals surface area (Å²) in [7, 11) is 0. The summed E-state index contributed by atoms with van der Waals surface area (Å²) in [6.45, 7) is 2.74. The number of unbranched alkanes of at least 4 members (excludes halogenated alkanes) is 1. The average molecular weight is 296 g/mol. The normalized spacial score (nSPS) is 10.2. The van der Waals surface area contributed by atoms with Gasteiger partial charge in [0, 0.05) is 18.7 Å². The molecule has 0 aliphatic carbocycles. The summed E-state index contributed by atoms with van der Waals surface area (Å²) >= 11 is 0. The molecule has 1 aromatic carbocycles. The Hall–Kier alpha value is -2.11. The quantitative estimate of drug-likeness (QED) is 0.774. The van der Waals surface area contributed by atoms with E-state index in [9.17, 15) is 14.0 Å². The van der Waals surface area contributed by atoms with Crippen LogP contribution in [0.2, 0.25) is 0 Å². The Bertz CT molecular complexity index is 480. The maximum atomic E-state index is 13.7. The third-order valence-electron chi connectivity index (χ3n) is 3.00. The first-order valence-electron chi connectivity index (χ1n) is 7.02. The lowest BCUT2D eigenvalue weighted by atomic mass is 10.2. The van der Waals surface area contributed by atoms with E-state index in [4.69, 9.17) is 5.11 Å². The van der Waals surface area contributed by atoms with Crippen LogP contribution in [0.1, 0.15) is 31.7 Å². The molecule has 0 unspecified atom stereocenters. The van der Waals surface area contributed by atoms with Gasteiger partial charge < -0.3 is 15.3 Å². The summed E-state index contributed by atoms with van der Waals surface area (Å²) in [6, 6.07) is 5.95. The zero-order valence-electron chi connectivity index (χ0n) is 12.1. The van der Waals surface area contributed by atoms with Crippen molar-refractivity contribution in [2.75, 3.05) is 13.1 Å². The van der Waals surface area contributed by atoms with Crippen LogP contribution in [0.15, 0.2) is 24.3 Å². The van der Waals surface area contributed by atoms with E-state index in [1.54, 1.807) is 18.2 Å². The summed E-state index contributed by atoms with van der Waals surface area (Å²) in [5, 5.41) is 11.1. The molecule has 0 aliphatic heterocycles. The van der Waals surface area contributed by atoms with Crippen molar-refractivity contribution in [2.45, 2.75) is 32.7 Å². The van der Waals surface area contributed by atoms with Gasteiger partial charge in [0.25, 0.3) is 0 Å². The first-order valence-corrected chi connectivity index (χ1v) is 7.02. The highest BCUT2D eigenvalue weighted by molar-refractivity contribution is 5.75. The van der Waals surface area contributed by atoms with Gasteiger partial charge in [0.05, 0.1) is 13.0 Å². The van der Waals surface area contributed by atoms with Crippen LogP contribution in [0.5, 0.6) is 0 Å². The van der Waals surface area contributed by atoms with E-state index in [0.717, 1.165) is 12.8 Å². The van der Waals surface area contributed by atoms with Crippen LogP contribution in [0.4, 0.5) is 9.18 Å². The van der Waals surface area contributed by atoms with Crippen molar-refractivity contribution < 1.29 is 19.1 Å². The summed E-state index contributed by atoms with van der Waals surface area (Å²) in [4.78, 5) is 24.0. The predicted octanol–water partition coefficient (Wildman–Crippen LogP) is 2.61. The van der Waals surface area contributed by atoms with Gasteiger partial charge in [-0.2, -0.15) is 0 Å². The first kappa shape index (κ1) is 16.9. The van der Waals surface area contributed by atoms with Crippen LogP contribution in [0, 0.1) is 5.82 Å². The van der Waals surface area contributed by atoms with Crippen molar-refractivity contribution in [3.05, 3.63) is 35.6 Å². The van der Waals surface area contributed by atoms with Gasteiger partial charge >= 0.3 is 12.0 Å². The van der Waals surface area contributed by atoms with E-state index < -0.39 is 5.97 Å². The van der Waals surface area contributed by atoms with E-state index in [1.807, 2.05) is 6.92 Å². The lowest BCUT2D eigenvalue weighted by Gasteiger charge is -2.23. The highest BCUT2D eigenvalue weighted by Crippen LogP contribution is 2.11. The molecule has 0 saturated carbocycles. The molecule has 0 fully saturated rings. The minimum absolute atomic E-state index is 0.0636. The number of hydrogen-bond acceptors (Lipinski definition) is 2. The first-order chi connectivity index (χ1) is 10.0. The van der Waals surface area contributed by atoms with Crippen LogP contribution in [-0.4, -0.2) is 35.1 Å². The molecule has 0 bridgehead atoms. The number of rotatable bonds is 8. The molecule has 0 radical (unpaired) electrons. The fourth-order valence-electron chi connectivity index (χ4n) is 1.82.